The van der Waals surface area contributed by atoms with E-state index in [2.05, 4.69) is 4.74 Å². The van der Waals surface area contributed by atoms with Crippen molar-refractivity contribution in [2.45, 2.75) is 26.4 Å². The summed E-state index contributed by atoms with van der Waals surface area (Å²) in [6.07, 6.45) is 0.531. The Labute approximate surface area is 103 Å². The third-order valence-corrected chi connectivity index (χ3v) is 2.16. The molecule has 0 saturated heterocycles. The Kier molecular flexibility index (Phi) is 5.35. The number of alkyl halides is 2. The number of ether oxygens (including phenoxy) is 2. The Morgan fingerprint density at radius 3 is 2.72 bits per heavy atom. The zero-order chi connectivity index (χ0) is 13.5. The van der Waals surface area contributed by atoms with E-state index in [1.54, 1.807) is 6.92 Å². The van der Waals surface area contributed by atoms with Crippen molar-refractivity contribution in [3.8, 4) is 11.5 Å². The van der Waals surface area contributed by atoms with Crippen LogP contribution in [0.25, 0.3) is 0 Å². The fourth-order valence-electron chi connectivity index (χ4n) is 1.39. The van der Waals surface area contributed by atoms with Crippen LogP contribution in [0.1, 0.15) is 18.9 Å². The fraction of sp³-hybridized carbons (Fsp3) is 0.417. The number of phenolic OH excluding ortho intramolecular Hbond substituents is 1. The van der Waals surface area contributed by atoms with Gasteiger partial charge in [-0.2, -0.15) is 8.78 Å². The van der Waals surface area contributed by atoms with Crippen LogP contribution >= 0.6 is 0 Å². The quantitative estimate of drug-likeness (QED) is 0.798. The highest BCUT2D eigenvalue weighted by Crippen LogP contribution is 2.28. The van der Waals surface area contributed by atoms with Gasteiger partial charge in [0, 0.05) is 6.42 Å². The van der Waals surface area contributed by atoms with Gasteiger partial charge in [0.2, 0.25) is 0 Å². The largest absolute Gasteiger partial charge is 0.504 e. The molecule has 1 N–H and O–H groups in total. The van der Waals surface area contributed by atoms with E-state index in [0.717, 1.165) is 0 Å². The second-order valence-corrected chi connectivity index (χ2v) is 3.49. The standard InChI is InChI=1S/C12H14F2O4/c1-2-17-11(16)6-4-8-3-5-10(9(15)7-8)18-12(13)14/h3,5,7,12,15H,2,4,6H2,1H3. The van der Waals surface area contributed by atoms with Crippen molar-refractivity contribution >= 4 is 5.97 Å². The number of rotatable bonds is 6. The van der Waals surface area contributed by atoms with E-state index in [4.69, 9.17) is 4.74 Å². The van der Waals surface area contributed by atoms with Gasteiger partial charge in [0.15, 0.2) is 11.5 Å². The number of hydrogen-bond acceptors (Lipinski definition) is 4. The molecule has 0 saturated carbocycles. The molecular formula is C12H14F2O4. The van der Waals surface area contributed by atoms with Crippen molar-refractivity contribution in [2.24, 2.45) is 0 Å². The van der Waals surface area contributed by atoms with Gasteiger partial charge < -0.3 is 14.6 Å². The Morgan fingerprint density at radius 2 is 2.17 bits per heavy atom. The van der Waals surface area contributed by atoms with E-state index in [-0.39, 0.29) is 23.9 Å². The molecule has 1 aromatic carbocycles. The van der Waals surface area contributed by atoms with Gasteiger partial charge in [0.1, 0.15) is 0 Å². The van der Waals surface area contributed by atoms with Crippen LogP contribution in [0.4, 0.5) is 8.78 Å². The van der Waals surface area contributed by atoms with Gasteiger partial charge in [0.05, 0.1) is 6.61 Å². The molecule has 0 heterocycles. The molecule has 0 fully saturated rings. The summed E-state index contributed by atoms with van der Waals surface area (Å²) >= 11 is 0. The lowest BCUT2D eigenvalue weighted by atomic mass is 10.1. The maximum atomic E-state index is 11.9. The summed E-state index contributed by atoms with van der Waals surface area (Å²) in [5, 5.41) is 9.43. The minimum Gasteiger partial charge on any atom is -0.504 e. The van der Waals surface area contributed by atoms with E-state index in [1.807, 2.05) is 0 Å². The van der Waals surface area contributed by atoms with E-state index >= 15 is 0 Å². The molecule has 0 spiro atoms. The Bertz CT molecular complexity index is 407. The lowest BCUT2D eigenvalue weighted by Crippen LogP contribution is -2.05. The highest BCUT2D eigenvalue weighted by atomic mass is 19.3. The van der Waals surface area contributed by atoms with Crippen LogP contribution in [0.3, 0.4) is 0 Å². The van der Waals surface area contributed by atoms with Gasteiger partial charge in [0.25, 0.3) is 0 Å². The number of benzene rings is 1. The number of carbonyl (C=O) groups is 1. The molecule has 18 heavy (non-hydrogen) atoms. The van der Waals surface area contributed by atoms with Crippen LogP contribution in [0, 0.1) is 0 Å². The first-order valence-electron chi connectivity index (χ1n) is 5.45. The third kappa shape index (κ3) is 4.57. The van der Waals surface area contributed by atoms with Crippen LogP contribution in [0.15, 0.2) is 18.2 Å². The van der Waals surface area contributed by atoms with Crippen LogP contribution < -0.4 is 4.74 Å². The second-order valence-electron chi connectivity index (χ2n) is 3.49. The topological polar surface area (TPSA) is 55.8 Å². The third-order valence-electron chi connectivity index (χ3n) is 2.16. The summed E-state index contributed by atoms with van der Waals surface area (Å²) in [6, 6.07) is 4.04. The Balaban J connectivity index is 2.58. The number of aromatic hydroxyl groups is 1. The molecule has 1 aromatic rings. The molecular weight excluding hydrogens is 246 g/mol. The van der Waals surface area contributed by atoms with E-state index < -0.39 is 6.61 Å². The van der Waals surface area contributed by atoms with Crippen LogP contribution in [0.5, 0.6) is 11.5 Å². The summed E-state index contributed by atoms with van der Waals surface area (Å²) in [7, 11) is 0. The van der Waals surface area contributed by atoms with E-state index in [0.29, 0.717) is 18.6 Å². The van der Waals surface area contributed by atoms with E-state index in [1.165, 1.54) is 18.2 Å². The minimum atomic E-state index is -2.98. The highest BCUT2D eigenvalue weighted by Gasteiger charge is 2.10. The molecule has 0 aromatic heterocycles. The molecule has 100 valence electrons. The molecule has 0 amide bonds. The summed E-state index contributed by atoms with van der Waals surface area (Å²) in [5.41, 5.74) is 0.641. The molecule has 6 heteroatoms. The lowest BCUT2D eigenvalue weighted by Gasteiger charge is -2.08. The first-order chi connectivity index (χ1) is 8.52. The van der Waals surface area contributed by atoms with Crippen LogP contribution in [-0.2, 0) is 16.0 Å². The van der Waals surface area contributed by atoms with Crippen molar-refractivity contribution < 1.29 is 28.2 Å². The summed E-state index contributed by atoms with van der Waals surface area (Å²) in [4.78, 5) is 11.1. The summed E-state index contributed by atoms with van der Waals surface area (Å²) in [6.45, 7) is -0.966. The van der Waals surface area contributed by atoms with Crippen molar-refractivity contribution in [3.63, 3.8) is 0 Å². The van der Waals surface area contributed by atoms with Gasteiger partial charge in [-0.1, -0.05) is 6.07 Å². The van der Waals surface area contributed by atoms with Crippen LogP contribution in [0.2, 0.25) is 0 Å². The Hall–Kier alpha value is -1.85. The maximum Gasteiger partial charge on any atom is 0.387 e. The van der Waals surface area contributed by atoms with Gasteiger partial charge in [-0.05, 0) is 31.0 Å². The number of carbonyl (C=O) groups excluding carboxylic acids is 1. The minimum absolute atomic E-state index is 0.169. The first kappa shape index (κ1) is 14.2. The molecule has 0 unspecified atom stereocenters. The predicted octanol–water partition coefficient (Wildman–Crippen LogP) is 2.49. The molecule has 0 aliphatic carbocycles. The predicted molar refractivity (Wildman–Crippen MR) is 59.7 cm³/mol. The zero-order valence-electron chi connectivity index (χ0n) is 9.86. The molecule has 1 rings (SSSR count). The highest BCUT2D eigenvalue weighted by molar-refractivity contribution is 5.69. The molecule has 4 nitrogen and oxygen atoms in total. The van der Waals surface area contributed by atoms with Gasteiger partial charge in [-0.15, -0.1) is 0 Å². The van der Waals surface area contributed by atoms with Crippen molar-refractivity contribution in [1.82, 2.24) is 0 Å². The maximum absolute atomic E-state index is 11.9. The van der Waals surface area contributed by atoms with Gasteiger partial charge in [-0.25, -0.2) is 0 Å². The molecule has 0 aliphatic heterocycles. The van der Waals surface area contributed by atoms with Crippen molar-refractivity contribution in [3.05, 3.63) is 23.8 Å². The Morgan fingerprint density at radius 1 is 1.44 bits per heavy atom. The molecule has 0 bridgehead atoms. The first-order valence-corrected chi connectivity index (χ1v) is 5.45. The van der Waals surface area contributed by atoms with E-state index in [9.17, 15) is 18.7 Å². The van der Waals surface area contributed by atoms with Crippen LogP contribution in [-0.4, -0.2) is 24.3 Å². The normalized spacial score (nSPS) is 10.4. The molecule has 0 radical (unpaired) electrons. The molecule has 0 atom stereocenters. The number of halogens is 2. The van der Waals surface area contributed by atoms with Crippen molar-refractivity contribution in [2.75, 3.05) is 6.61 Å². The smallest absolute Gasteiger partial charge is 0.387 e. The number of aryl methyl sites for hydroxylation is 1. The second kappa shape index (κ2) is 6.78. The average Bonchev–Trinajstić information content (AvgIpc) is 2.29. The average molecular weight is 260 g/mol. The number of phenols is 1. The van der Waals surface area contributed by atoms with Gasteiger partial charge >= 0.3 is 12.6 Å². The number of esters is 1. The lowest BCUT2D eigenvalue weighted by molar-refractivity contribution is -0.143. The summed E-state index contributed by atoms with van der Waals surface area (Å²) < 4.78 is 32.7. The monoisotopic (exact) mass is 260 g/mol. The SMILES string of the molecule is CCOC(=O)CCc1ccc(OC(F)F)c(O)c1. The van der Waals surface area contributed by atoms with Crippen molar-refractivity contribution in [1.29, 1.82) is 0 Å². The summed E-state index contributed by atoms with van der Waals surface area (Å²) in [5.74, 6) is -1.01. The molecule has 0 aliphatic rings. The zero-order valence-corrected chi connectivity index (χ0v) is 9.86. The van der Waals surface area contributed by atoms with Gasteiger partial charge in [-0.3, -0.25) is 4.79 Å². The number of hydrogen-bond donors (Lipinski definition) is 1. The fourth-order valence-corrected chi connectivity index (χ4v) is 1.39.